The molecule has 1 heterocycles. The van der Waals surface area contributed by atoms with Crippen LogP contribution < -0.4 is 0 Å². The van der Waals surface area contributed by atoms with Gasteiger partial charge >= 0.3 is 5.97 Å². The minimum absolute atomic E-state index is 0.127. The fourth-order valence-electron chi connectivity index (χ4n) is 2.49. The zero-order valence-electron chi connectivity index (χ0n) is 11.4. The first-order chi connectivity index (χ1) is 9.67. The van der Waals surface area contributed by atoms with Gasteiger partial charge in [-0.1, -0.05) is 12.1 Å². The Balaban J connectivity index is 1.68. The maximum Gasteiger partial charge on any atom is 0.308 e. The Bertz CT molecular complexity index is 489. The molecule has 106 valence electrons. The third-order valence-electron chi connectivity index (χ3n) is 3.56. The van der Waals surface area contributed by atoms with Crippen LogP contribution in [0.5, 0.6) is 0 Å². The Morgan fingerprint density at radius 1 is 1.30 bits per heavy atom. The molecule has 1 N–H and O–H groups in total. The van der Waals surface area contributed by atoms with Gasteiger partial charge in [-0.3, -0.25) is 4.79 Å². The molecule has 2 unspecified atom stereocenters. The number of cyclic esters (lactones) is 1. The zero-order valence-corrected chi connectivity index (χ0v) is 11.4. The molecule has 0 radical (unpaired) electrons. The molecule has 0 amide bonds. The number of nitrogens with zero attached hydrogens (tertiary/aromatic N) is 1. The first-order valence-corrected chi connectivity index (χ1v) is 7.04. The summed E-state index contributed by atoms with van der Waals surface area (Å²) < 4.78 is 5.20. The van der Waals surface area contributed by atoms with Gasteiger partial charge in [-0.05, 0) is 43.4 Å². The van der Waals surface area contributed by atoms with Crippen LogP contribution in [0.1, 0.15) is 43.2 Å². The molecule has 1 aliphatic heterocycles. The number of benzene rings is 1. The summed E-state index contributed by atoms with van der Waals surface area (Å²) >= 11 is 0. The van der Waals surface area contributed by atoms with Crippen LogP contribution in [-0.4, -0.2) is 23.3 Å². The second-order valence-electron chi connectivity index (χ2n) is 5.26. The van der Waals surface area contributed by atoms with Gasteiger partial charge in [0.1, 0.15) is 6.10 Å². The van der Waals surface area contributed by atoms with E-state index in [2.05, 4.69) is 6.07 Å². The number of nitriles is 1. The molecule has 0 spiro atoms. The number of ether oxygens (including phenoxy) is 1. The van der Waals surface area contributed by atoms with E-state index >= 15 is 0 Å². The average molecular weight is 273 g/mol. The molecule has 4 heteroatoms. The number of hydrogen-bond donors (Lipinski definition) is 1. The van der Waals surface area contributed by atoms with Gasteiger partial charge in [-0.15, -0.1) is 0 Å². The normalized spacial score (nSPS) is 22.1. The van der Waals surface area contributed by atoms with E-state index in [9.17, 15) is 9.90 Å². The highest BCUT2D eigenvalue weighted by atomic mass is 16.5. The van der Waals surface area contributed by atoms with Crippen LogP contribution in [0.4, 0.5) is 0 Å². The molecule has 4 nitrogen and oxygen atoms in total. The standard InChI is InChI=1S/C16H19NO3/c17-11-13-7-5-12(6-8-13)3-1-2-4-15-9-14(18)10-16(19)20-15/h5-8,14-15,18H,1-4,9-10H2. The summed E-state index contributed by atoms with van der Waals surface area (Å²) in [5, 5.41) is 18.2. The summed E-state index contributed by atoms with van der Waals surface area (Å²) in [6, 6.07) is 9.71. The minimum atomic E-state index is -0.542. The number of carbonyl (C=O) groups excluding carboxylic acids is 1. The Labute approximate surface area is 119 Å². The van der Waals surface area contributed by atoms with Gasteiger partial charge in [0.25, 0.3) is 0 Å². The maximum atomic E-state index is 11.2. The molecule has 0 aromatic heterocycles. The van der Waals surface area contributed by atoms with Crippen LogP contribution >= 0.6 is 0 Å². The van der Waals surface area contributed by atoms with Crippen molar-refractivity contribution in [3.8, 4) is 6.07 Å². The lowest BCUT2D eigenvalue weighted by atomic mass is 9.99. The molecule has 0 aliphatic carbocycles. The number of aryl methyl sites for hydroxylation is 1. The lowest BCUT2D eigenvalue weighted by Gasteiger charge is -2.25. The monoisotopic (exact) mass is 273 g/mol. The Hall–Kier alpha value is -1.86. The maximum absolute atomic E-state index is 11.2. The van der Waals surface area contributed by atoms with E-state index in [1.165, 1.54) is 5.56 Å². The molecular formula is C16H19NO3. The van der Waals surface area contributed by atoms with Gasteiger partial charge in [-0.25, -0.2) is 0 Å². The van der Waals surface area contributed by atoms with Crippen molar-refractivity contribution >= 4 is 5.97 Å². The van der Waals surface area contributed by atoms with Gasteiger partial charge < -0.3 is 9.84 Å². The van der Waals surface area contributed by atoms with Crippen LogP contribution in [0.2, 0.25) is 0 Å². The predicted octanol–water partition coefficient (Wildman–Crippen LogP) is 2.34. The van der Waals surface area contributed by atoms with Crippen LogP contribution in [0.15, 0.2) is 24.3 Å². The highest BCUT2D eigenvalue weighted by Gasteiger charge is 2.26. The second-order valence-corrected chi connectivity index (χ2v) is 5.26. The zero-order chi connectivity index (χ0) is 14.4. The van der Waals surface area contributed by atoms with Crippen molar-refractivity contribution in [3.05, 3.63) is 35.4 Å². The first kappa shape index (κ1) is 14.5. The fraction of sp³-hybridized carbons (Fsp3) is 0.500. The van der Waals surface area contributed by atoms with Crippen molar-refractivity contribution in [2.24, 2.45) is 0 Å². The molecule has 2 rings (SSSR count). The van der Waals surface area contributed by atoms with E-state index in [4.69, 9.17) is 10.00 Å². The number of aliphatic hydroxyl groups is 1. The number of rotatable bonds is 5. The summed E-state index contributed by atoms with van der Waals surface area (Å²) in [6.07, 6.45) is 3.74. The largest absolute Gasteiger partial charge is 0.462 e. The van der Waals surface area contributed by atoms with Crippen LogP contribution in [0, 0.1) is 11.3 Å². The molecule has 20 heavy (non-hydrogen) atoms. The van der Waals surface area contributed by atoms with Crippen molar-refractivity contribution in [2.75, 3.05) is 0 Å². The molecule has 1 aromatic carbocycles. The Morgan fingerprint density at radius 3 is 2.70 bits per heavy atom. The summed E-state index contributed by atoms with van der Waals surface area (Å²) in [5.74, 6) is -0.291. The summed E-state index contributed by atoms with van der Waals surface area (Å²) in [7, 11) is 0. The van der Waals surface area contributed by atoms with Crippen LogP contribution in [-0.2, 0) is 16.0 Å². The molecule has 0 bridgehead atoms. The van der Waals surface area contributed by atoms with Gasteiger partial charge in [0.15, 0.2) is 0 Å². The van der Waals surface area contributed by atoms with Crippen molar-refractivity contribution < 1.29 is 14.6 Å². The van der Waals surface area contributed by atoms with Crippen molar-refractivity contribution in [1.82, 2.24) is 0 Å². The summed E-state index contributed by atoms with van der Waals surface area (Å²) in [5.41, 5.74) is 1.89. The van der Waals surface area contributed by atoms with E-state index in [0.29, 0.717) is 12.0 Å². The predicted molar refractivity (Wildman–Crippen MR) is 73.8 cm³/mol. The van der Waals surface area contributed by atoms with Crippen molar-refractivity contribution in [3.63, 3.8) is 0 Å². The summed E-state index contributed by atoms with van der Waals surface area (Å²) in [6.45, 7) is 0. The highest BCUT2D eigenvalue weighted by Crippen LogP contribution is 2.20. The van der Waals surface area contributed by atoms with Gasteiger partial charge in [0, 0.05) is 6.42 Å². The number of carbonyl (C=O) groups is 1. The Kier molecular flexibility index (Phi) is 5.14. The van der Waals surface area contributed by atoms with E-state index < -0.39 is 6.10 Å². The van der Waals surface area contributed by atoms with Gasteiger partial charge in [0.05, 0.1) is 24.2 Å². The number of unbranched alkanes of at least 4 members (excludes halogenated alkanes) is 1. The molecule has 2 atom stereocenters. The number of aliphatic hydroxyl groups excluding tert-OH is 1. The first-order valence-electron chi connectivity index (χ1n) is 7.04. The molecule has 0 saturated carbocycles. The lowest BCUT2D eigenvalue weighted by molar-refractivity contribution is -0.160. The molecule has 1 aliphatic rings. The second kappa shape index (κ2) is 7.06. The minimum Gasteiger partial charge on any atom is -0.462 e. The van der Waals surface area contributed by atoms with E-state index in [1.54, 1.807) is 0 Å². The van der Waals surface area contributed by atoms with Crippen molar-refractivity contribution in [1.29, 1.82) is 5.26 Å². The van der Waals surface area contributed by atoms with Crippen LogP contribution in [0.25, 0.3) is 0 Å². The van der Waals surface area contributed by atoms with E-state index in [-0.39, 0.29) is 18.5 Å². The molecular weight excluding hydrogens is 254 g/mol. The number of hydrogen-bond acceptors (Lipinski definition) is 4. The molecule has 1 saturated heterocycles. The average Bonchev–Trinajstić information content (AvgIpc) is 2.43. The third kappa shape index (κ3) is 4.36. The number of esters is 1. The van der Waals surface area contributed by atoms with Crippen LogP contribution in [0.3, 0.4) is 0 Å². The van der Waals surface area contributed by atoms with Gasteiger partial charge in [0.2, 0.25) is 0 Å². The van der Waals surface area contributed by atoms with E-state index in [0.717, 1.165) is 25.7 Å². The smallest absolute Gasteiger partial charge is 0.308 e. The SMILES string of the molecule is N#Cc1ccc(CCCCC2CC(O)CC(=O)O2)cc1. The fourth-order valence-corrected chi connectivity index (χ4v) is 2.49. The highest BCUT2D eigenvalue weighted by molar-refractivity contribution is 5.70. The molecule has 1 aromatic rings. The van der Waals surface area contributed by atoms with Gasteiger partial charge in [-0.2, -0.15) is 5.26 Å². The lowest BCUT2D eigenvalue weighted by Crippen LogP contribution is -2.32. The molecule has 1 fully saturated rings. The third-order valence-corrected chi connectivity index (χ3v) is 3.56. The Morgan fingerprint density at radius 2 is 2.05 bits per heavy atom. The summed E-state index contributed by atoms with van der Waals surface area (Å²) in [4.78, 5) is 11.2. The topological polar surface area (TPSA) is 70.3 Å². The van der Waals surface area contributed by atoms with Crippen molar-refractivity contribution in [2.45, 2.75) is 50.7 Å². The quantitative estimate of drug-likeness (QED) is 0.660. The van der Waals surface area contributed by atoms with E-state index in [1.807, 2.05) is 24.3 Å².